The molecule has 106 valence electrons. The highest BCUT2D eigenvalue weighted by Crippen LogP contribution is 2.22. The van der Waals surface area contributed by atoms with Gasteiger partial charge in [0.25, 0.3) is 0 Å². The van der Waals surface area contributed by atoms with Gasteiger partial charge in [-0.3, -0.25) is 4.90 Å². The van der Waals surface area contributed by atoms with E-state index in [4.69, 9.17) is 15.7 Å². The molecule has 0 aromatic heterocycles. The molecule has 18 heavy (non-hydrogen) atoms. The summed E-state index contributed by atoms with van der Waals surface area (Å²) in [6.45, 7) is 2.96. The van der Waals surface area contributed by atoms with Gasteiger partial charge in [0, 0.05) is 12.6 Å². The Morgan fingerprint density at radius 2 is 2.17 bits per heavy atom. The van der Waals surface area contributed by atoms with Crippen LogP contribution in [-0.2, 0) is 4.74 Å². The third-order valence-electron chi connectivity index (χ3n) is 3.60. The molecule has 6 heteroatoms. The van der Waals surface area contributed by atoms with Crippen LogP contribution in [0.15, 0.2) is 5.16 Å². The molecule has 1 aliphatic rings. The fourth-order valence-corrected chi connectivity index (χ4v) is 2.31. The highest BCUT2D eigenvalue weighted by molar-refractivity contribution is 5.83. The maximum absolute atomic E-state index is 9.92. The Bertz CT molecular complexity index is 273. The molecule has 1 fully saturated rings. The number of hydrogen-bond donors (Lipinski definition) is 3. The van der Waals surface area contributed by atoms with Crippen LogP contribution in [-0.4, -0.2) is 59.5 Å². The largest absolute Gasteiger partial charge is 0.409 e. The number of rotatable bonds is 6. The SMILES string of the molecule is CC(OCCN(C)C1CCCCC1O)C(N)=NO. The van der Waals surface area contributed by atoms with Gasteiger partial charge in [-0.15, -0.1) is 0 Å². The molecule has 0 radical (unpaired) electrons. The van der Waals surface area contributed by atoms with E-state index in [9.17, 15) is 5.11 Å². The summed E-state index contributed by atoms with van der Waals surface area (Å²) in [6.07, 6.45) is 3.59. The van der Waals surface area contributed by atoms with Crippen LogP contribution < -0.4 is 5.73 Å². The number of oxime groups is 1. The normalized spacial score (nSPS) is 27.4. The second-order valence-corrected chi connectivity index (χ2v) is 4.94. The fraction of sp³-hybridized carbons (Fsp3) is 0.917. The number of ether oxygens (including phenoxy) is 1. The number of nitrogens with two attached hydrogens (primary N) is 1. The summed E-state index contributed by atoms with van der Waals surface area (Å²) < 4.78 is 5.45. The minimum absolute atomic E-state index is 0.0790. The molecule has 3 atom stereocenters. The van der Waals surface area contributed by atoms with Crippen molar-refractivity contribution < 1.29 is 15.1 Å². The van der Waals surface area contributed by atoms with E-state index < -0.39 is 0 Å². The van der Waals surface area contributed by atoms with Crippen molar-refractivity contribution in [2.75, 3.05) is 20.2 Å². The fourth-order valence-electron chi connectivity index (χ4n) is 2.31. The van der Waals surface area contributed by atoms with Crippen molar-refractivity contribution in [1.29, 1.82) is 0 Å². The van der Waals surface area contributed by atoms with Crippen LogP contribution in [0.3, 0.4) is 0 Å². The van der Waals surface area contributed by atoms with Gasteiger partial charge in [0.1, 0.15) is 6.10 Å². The Morgan fingerprint density at radius 1 is 1.50 bits per heavy atom. The van der Waals surface area contributed by atoms with Crippen LogP contribution in [0, 0.1) is 0 Å². The number of hydrogen-bond acceptors (Lipinski definition) is 5. The predicted molar refractivity (Wildman–Crippen MR) is 69.7 cm³/mol. The van der Waals surface area contributed by atoms with Crippen molar-refractivity contribution in [2.45, 2.75) is 50.9 Å². The van der Waals surface area contributed by atoms with Gasteiger partial charge >= 0.3 is 0 Å². The molecule has 0 heterocycles. The molecule has 6 nitrogen and oxygen atoms in total. The van der Waals surface area contributed by atoms with Crippen molar-refractivity contribution in [3.8, 4) is 0 Å². The summed E-state index contributed by atoms with van der Waals surface area (Å²) in [7, 11) is 2.00. The Morgan fingerprint density at radius 3 is 2.78 bits per heavy atom. The Hall–Kier alpha value is -0.850. The molecule has 0 aliphatic heterocycles. The summed E-state index contributed by atoms with van der Waals surface area (Å²) in [6, 6.07) is 0.224. The van der Waals surface area contributed by atoms with E-state index in [-0.39, 0.29) is 24.1 Å². The zero-order chi connectivity index (χ0) is 13.5. The first-order chi connectivity index (χ1) is 8.56. The lowest BCUT2D eigenvalue weighted by Gasteiger charge is -2.35. The van der Waals surface area contributed by atoms with Crippen molar-refractivity contribution in [3.05, 3.63) is 0 Å². The third kappa shape index (κ3) is 4.44. The molecule has 0 saturated heterocycles. The quantitative estimate of drug-likeness (QED) is 0.277. The van der Waals surface area contributed by atoms with Gasteiger partial charge in [0.15, 0.2) is 5.84 Å². The van der Waals surface area contributed by atoms with Gasteiger partial charge in [0.2, 0.25) is 0 Å². The summed E-state index contributed by atoms with van der Waals surface area (Å²) in [5.41, 5.74) is 5.42. The Balaban J connectivity index is 2.26. The van der Waals surface area contributed by atoms with Crippen LogP contribution in [0.5, 0.6) is 0 Å². The second-order valence-electron chi connectivity index (χ2n) is 4.94. The van der Waals surface area contributed by atoms with Gasteiger partial charge in [-0.2, -0.15) is 0 Å². The first-order valence-electron chi connectivity index (χ1n) is 6.53. The maximum atomic E-state index is 9.92. The molecule has 0 amide bonds. The highest BCUT2D eigenvalue weighted by Gasteiger charge is 2.26. The van der Waals surface area contributed by atoms with E-state index in [2.05, 4.69) is 10.1 Å². The molecule has 0 spiro atoms. The minimum Gasteiger partial charge on any atom is -0.409 e. The van der Waals surface area contributed by atoms with Gasteiger partial charge in [-0.1, -0.05) is 18.0 Å². The maximum Gasteiger partial charge on any atom is 0.168 e. The summed E-state index contributed by atoms with van der Waals surface area (Å²) >= 11 is 0. The van der Waals surface area contributed by atoms with Crippen LogP contribution in [0.4, 0.5) is 0 Å². The second kappa shape index (κ2) is 7.56. The summed E-state index contributed by atoms with van der Waals surface area (Å²) in [5.74, 6) is 0.0790. The Kier molecular flexibility index (Phi) is 6.38. The highest BCUT2D eigenvalue weighted by atomic mass is 16.5. The molecule has 0 aromatic carbocycles. The topological polar surface area (TPSA) is 91.3 Å². The van der Waals surface area contributed by atoms with Crippen LogP contribution >= 0.6 is 0 Å². The first kappa shape index (κ1) is 15.2. The van der Waals surface area contributed by atoms with E-state index in [0.29, 0.717) is 6.61 Å². The Labute approximate surface area is 108 Å². The van der Waals surface area contributed by atoms with E-state index in [1.807, 2.05) is 7.05 Å². The van der Waals surface area contributed by atoms with E-state index >= 15 is 0 Å². The standard InChI is InChI=1S/C12H25N3O3/c1-9(12(13)14-17)18-8-7-15(2)10-5-3-4-6-11(10)16/h9-11,16-17H,3-8H2,1-2H3,(H2,13,14). The molecular formula is C12H25N3O3. The van der Waals surface area contributed by atoms with Crippen LogP contribution in [0.25, 0.3) is 0 Å². The molecule has 0 aromatic rings. The molecule has 4 N–H and O–H groups in total. The predicted octanol–water partition coefficient (Wildman–Crippen LogP) is 0.373. The minimum atomic E-state index is -0.389. The molecule has 3 unspecified atom stereocenters. The number of aliphatic hydroxyl groups is 1. The lowest BCUT2D eigenvalue weighted by molar-refractivity contribution is 0.0127. The number of nitrogens with zero attached hydrogens (tertiary/aromatic N) is 2. The molecule has 1 rings (SSSR count). The van der Waals surface area contributed by atoms with Crippen LogP contribution in [0.2, 0.25) is 0 Å². The van der Waals surface area contributed by atoms with Gasteiger partial charge in [-0.25, -0.2) is 0 Å². The van der Waals surface area contributed by atoms with E-state index in [0.717, 1.165) is 25.8 Å². The average molecular weight is 259 g/mol. The zero-order valence-corrected chi connectivity index (χ0v) is 11.2. The number of likely N-dealkylation sites (N-methyl/N-ethyl adjacent to an activating group) is 1. The molecule has 0 bridgehead atoms. The van der Waals surface area contributed by atoms with Crippen LogP contribution in [0.1, 0.15) is 32.6 Å². The third-order valence-corrected chi connectivity index (χ3v) is 3.60. The number of amidine groups is 1. The van der Waals surface area contributed by atoms with Crippen molar-refractivity contribution in [3.63, 3.8) is 0 Å². The van der Waals surface area contributed by atoms with Gasteiger partial charge < -0.3 is 20.8 Å². The summed E-state index contributed by atoms with van der Waals surface area (Å²) in [4.78, 5) is 2.13. The smallest absolute Gasteiger partial charge is 0.168 e. The first-order valence-corrected chi connectivity index (χ1v) is 6.53. The molecule has 1 saturated carbocycles. The van der Waals surface area contributed by atoms with Gasteiger partial charge in [-0.05, 0) is 26.8 Å². The lowest BCUT2D eigenvalue weighted by atomic mass is 9.92. The van der Waals surface area contributed by atoms with Crippen molar-refractivity contribution in [2.24, 2.45) is 10.9 Å². The zero-order valence-electron chi connectivity index (χ0n) is 11.2. The average Bonchev–Trinajstić information content (AvgIpc) is 2.37. The van der Waals surface area contributed by atoms with Crippen molar-refractivity contribution in [1.82, 2.24) is 4.90 Å². The monoisotopic (exact) mass is 259 g/mol. The number of aliphatic hydroxyl groups excluding tert-OH is 1. The van der Waals surface area contributed by atoms with E-state index in [1.54, 1.807) is 6.92 Å². The van der Waals surface area contributed by atoms with E-state index in [1.165, 1.54) is 6.42 Å². The van der Waals surface area contributed by atoms with Gasteiger partial charge in [0.05, 0.1) is 12.7 Å². The lowest BCUT2D eigenvalue weighted by Crippen LogP contribution is -2.45. The van der Waals surface area contributed by atoms with Crippen molar-refractivity contribution >= 4 is 5.84 Å². The molecular weight excluding hydrogens is 234 g/mol. The summed E-state index contributed by atoms with van der Waals surface area (Å²) in [5, 5.41) is 21.3. The molecule has 1 aliphatic carbocycles.